The predicted molar refractivity (Wildman–Crippen MR) is 112 cm³/mol. The van der Waals surface area contributed by atoms with Crippen LogP contribution in [0.2, 0.25) is 0 Å². The van der Waals surface area contributed by atoms with Gasteiger partial charge in [0, 0.05) is 24.5 Å². The SMILES string of the molecule is C=C1C(=O)O[C@@H]2/C=C(/C)CC/C=C(/C(=O)OC)C[C@@H](OC(=O)[C@](C)(O)[C@H](C)OC(C)=O)[C@@H]12. The maximum Gasteiger partial charge on any atom is 0.342 e. The summed E-state index contributed by atoms with van der Waals surface area (Å²) < 4.78 is 20.9. The summed E-state index contributed by atoms with van der Waals surface area (Å²) in [6.07, 6.45) is 1.53. The average Bonchev–Trinajstić information content (AvgIpc) is 2.98. The van der Waals surface area contributed by atoms with Crippen LogP contribution in [0.5, 0.6) is 0 Å². The van der Waals surface area contributed by atoms with Gasteiger partial charge in [-0.2, -0.15) is 0 Å². The van der Waals surface area contributed by atoms with Gasteiger partial charge < -0.3 is 24.1 Å². The van der Waals surface area contributed by atoms with Crippen molar-refractivity contribution < 1.29 is 43.2 Å². The molecule has 0 radical (unpaired) electrons. The number of methoxy groups -OCH3 is 1. The van der Waals surface area contributed by atoms with Gasteiger partial charge in [-0.3, -0.25) is 4.79 Å². The quantitative estimate of drug-likeness (QED) is 0.289. The zero-order valence-electron chi connectivity index (χ0n) is 19.0. The summed E-state index contributed by atoms with van der Waals surface area (Å²) in [5, 5.41) is 10.7. The Balaban J connectivity index is 2.45. The Morgan fingerprint density at radius 1 is 1.34 bits per heavy atom. The first-order valence-corrected chi connectivity index (χ1v) is 10.3. The van der Waals surface area contributed by atoms with Crippen LogP contribution < -0.4 is 0 Å². The van der Waals surface area contributed by atoms with Gasteiger partial charge in [0.05, 0.1) is 13.0 Å². The summed E-state index contributed by atoms with van der Waals surface area (Å²) in [6, 6.07) is 0. The molecule has 176 valence electrons. The molecule has 0 bridgehead atoms. The third-order valence-electron chi connectivity index (χ3n) is 5.72. The Morgan fingerprint density at radius 2 is 2.00 bits per heavy atom. The van der Waals surface area contributed by atoms with Gasteiger partial charge >= 0.3 is 23.9 Å². The Morgan fingerprint density at radius 3 is 2.59 bits per heavy atom. The number of carbonyl (C=O) groups excluding carboxylic acids is 4. The number of aliphatic hydroxyl groups is 1. The number of rotatable bonds is 5. The third-order valence-corrected chi connectivity index (χ3v) is 5.72. The number of fused-ring (bicyclic) bond motifs is 1. The van der Waals surface area contributed by atoms with Gasteiger partial charge in [0.1, 0.15) is 18.3 Å². The van der Waals surface area contributed by atoms with Crippen molar-refractivity contribution in [3.63, 3.8) is 0 Å². The highest BCUT2D eigenvalue weighted by atomic mass is 16.6. The molecule has 1 saturated heterocycles. The number of allylic oxidation sites excluding steroid dienone is 2. The molecule has 9 heteroatoms. The van der Waals surface area contributed by atoms with Crippen LogP contribution in [0.15, 0.2) is 35.5 Å². The van der Waals surface area contributed by atoms with Crippen LogP contribution in [0.4, 0.5) is 0 Å². The van der Waals surface area contributed by atoms with Crippen LogP contribution in [0, 0.1) is 5.92 Å². The van der Waals surface area contributed by atoms with Crippen LogP contribution in [-0.4, -0.2) is 60.0 Å². The molecule has 1 aliphatic carbocycles. The minimum Gasteiger partial charge on any atom is -0.466 e. The lowest BCUT2D eigenvalue weighted by atomic mass is 9.85. The molecular formula is C23H30O9. The second-order valence-corrected chi connectivity index (χ2v) is 8.24. The fourth-order valence-corrected chi connectivity index (χ4v) is 3.64. The monoisotopic (exact) mass is 450 g/mol. The zero-order valence-corrected chi connectivity index (χ0v) is 19.0. The van der Waals surface area contributed by atoms with Crippen LogP contribution in [0.3, 0.4) is 0 Å². The molecule has 0 spiro atoms. The highest BCUT2D eigenvalue weighted by molar-refractivity contribution is 5.92. The maximum atomic E-state index is 12.9. The van der Waals surface area contributed by atoms with E-state index in [4.69, 9.17) is 18.9 Å². The normalized spacial score (nSPS) is 29.6. The van der Waals surface area contributed by atoms with Crippen molar-refractivity contribution in [2.45, 2.75) is 70.9 Å². The number of ether oxygens (including phenoxy) is 4. The molecule has 2 aliphatic rings. The Labute approximate surface area is 187 Å². The summed E-state index contributed by atoms with van der Waals surface area (Å²) >= 11 is 0. The maximum absolute atomic E-state index is 12.9. The Bertz CT molecular complexity index is 865. The van der Waals surface area contributed by atoms with Crippen molar-refractivity contribution in [1.82, 2.24) is 0 Å². The van der Waals surface area contributed by atoms with Gasteiger partial charge in [-0.1, -0.05) is 18.2 Å². The number of hydrogen-bond donors (Lipinski definition) is 1. The molecule has 1 heterocycles. The third kappa shape index (κ3) is 5.64. The van der Waals surface area contributed by atoms with Crippen LogP contribution in [0.25, 0.3) is 0 Å². The molecular weight excluding hydrogens is 420 g/mol. The van der Waals surface area contributed by atoms with Gasteiger partial charge in [0.25, 0.3) is 0 Å². The lowest BCUT2D eigenvalue weighted by molar-refractivity contribution is -0.188. The number of hydrogen-bond acceptors (Lipinski definition) is 9. The molecule has 1 N–H and O–H groups in total. The Hall–Kier alpha value is -2.94. The second kappa shape index (κ2) is 10.1. The lowest BCUT2D eigenvalue weighted by Crippen LogP contribution is -2.50. The van der Waals surface area contributed by atoms with Crippen molar-refractivity contribution >= 4 is 23.9 Å². The van der Waals surface area contributed by atoms with E-state index in [0.29, 0.717) is 12.8 Å². The van der Waals surface area contributed by atoms with E-state index in [2.05, 4.69) is 6.58 Å². The van der Waals surface area contributed by atoms with E-state index in [1.54, 1.807) is 12.2 Å². The fourth-order valence-electron chi connectivity index (χ4n) is 3.64. The molecule has 1 fully saturated rings. The summed E-state index contributed by atoms with van der Waals surface area (Å²) in [7, 11) is 1.24. The minimum absolute atomic E-state index is 0.0832. The zero-order chi connectivity index (χ0) is 24.2. The molecule has 0 amide bonds. The van der Waals surface area contributed by atoms with Crippen molar-refractivity contribution in [3.05, 3.63) is 35.5 Å². The van der Waals surface area contributed by atoms with Gasteiger partial charge in [0.15, 0.2) is 5.60 Å². The molecule has 0 unspecified atom stereocenters. The van der Waals surface area contributed by atoms with E-state index in [1.807, 2.05) is 6.92 Å². The average molecular weight is 450 g/mol. The largest absolute Gasteiger partial charge is 0.466 e. The van der Waals surface area contributed by atoms with Crippen molar-refractivity contribution in [2.75, 3.05) is 7.11 Å². The molecule has 5 atom stereocenters. The van der Waals surface area contributed by atoms with E-state index < -0.39 is 53.7 Å². The van der Waals surface area contributed by atoms with Crippen LogP contribution >= 0.6 is 0 Å². The van der Waals surface area contributed by atoms with E-state index in [0.717, 1.165) is 19.4 Å². The smallest absolute Gasteiger partial charge is 0.342 e. The first-order valence-electron chi connectivity index (χ1n) is 10.3. The topological polar surface area (TPSA) is 125 Å². The molecule has 1 aliphatic heterocycles. The fraction of sp³-hybridized carbons (Fsp3) is 0.565. The molecule has 9 nitrogen and oxygen atoms in total. The van der Waals surface area contributed by atoms with Gasteiger partial charge in [0.2, 0.25) is 0 Å². The minimum atomic E-state index is -2.18. The second-order valence-electron chi connectivity index (χ2n) is 8.24. The predicted octanol–water partition coefficient (Wildman–Crippen LogP) is 1.93. The van der Waals surface area contributed by atoms with Gasteiger partial charge in [-0.25, -0.2) is 14.4 Å². The molecule has 32 heavy (non-hydrogen) atoms. The van der Waals surface area contributed by atoms with Crippen LogP contribution in [-0.2, 0) is 38.1 Å². The lowest BCUT2D eigenvalue weighted by Gasteiger charge is -2.32. The van der Waals surface area contributed by atoms with Crippen LogP contribution in [0.1, 0.15) is 47.0 Å². The van der Waals surface area contributed by atoms with Crippen molar-refractivity contribution in [1.29, 1.82) is 0 Å². The van der Waals surface area contributed by atoms with Gasteiger partial charge in [-0.15, -0.1) is 0 Å². The molecule has 0 saturated carbocycles. The molecule has 2 rings (SSSR count). The first kappa shape index (κ1) is 25.3. The Kier molecular flexibility index (Phi) is 8.01. The van der Waals surface area contributed by atoms with Crippen molar-refractivity contribution in [2.24, 2.45) is 5.92 Å². The highest BCUT2D eigenvalue weighted by Gasteiger charge is 2.48. The van der Waals surface area contributed by atoms with E-state index >= 15 is 0 Å². The number of carbonyl (C=O) groups is 4. The van der Waals surface area contributed by atoms with E-state index in [1.165, 1.54) is 14.0 Å². The highest BCUT2D eigenvalue weighted by Crippen LogP contribution is 2.37. The number of esters is 4. The first-order chi connectivity index (χ1) is 14.9. The summed E-state index contributed by atoms with van der Waals surface area (Å²) in [6.45, 7) is 9.32. The van der Waals surface area contributed by atoms with E-state index in [-0.39, 0.29) is 17.6 Å². The molecule has 0 aromatic rings. The summed E-state index contributed by atoms with van der Waals surface area (Å²) in [5.41, 5.74) is -0.902. The van der Waals surface area contributed by atoms with E-state index in [9.17, 15) is 24.3 Å². The summed E-state index contributed by atoms with van der Waals surface area (Å²) in [4.78, 5) is 48.8. The van der Waals surface area contributed by atoms with Crippen molar-refractivity contribution in [3.8, 4) is 0 Å². The molecule has 0 aromatic carbocycles. The summed E-state index contributed by atoms with van der Waals surface area (Å²) in [5.74, 6) is -3.77. The standard InChI is InChI=1S/C23H30O9/c1-12-8-7-9-16(21(26)29-6)11-18(19-13(2)20(25)31-17(19)10-12)32-22(27)23(5,28)14(3)30-15(4)24/h9-10,14,17-19,28H,2,7-8,11H2,1,3-6H3/b12-10-,16-9+/t14-,17+,18+,19-,23+/m0/s1. The molecule has 0 aromatic heterocycles. The van der Waals surface area contributed by atoms with Gasteiger partial charge in [-0.05, 0) is 39.7 Å².